The minimum atomic E-state index is 1.11. The molecule has 0 unspecified atom stereocenters. The fraction of sp³-hybridized carbons (Fsp3) is 1.00. The van der Waals surface area contributed by atoms with Gasteiger partial charge in [-0.3, -0.25) is 0 Å². The lowest BCUT2D eigenvalue weighted by Crippen LogP contribution is -2.19. The second kappa shape index (κ2) is 7.85. The molecule has 3 aliphatic carbocycles. The molecule has 0 atom stereocenters. The standard InChI is InChI=1S/C20H36/c1-2-4-8-17(7-3-1)15-19-11-13-20(14-12-19)16-18-9-5-6-10-18/h17-20H,1-16H2. The predicted octanol–water partition coefficient (Wildman–Crippen LogP) is 6.73. The molecule has 0 aromatic carbocycles. The summed E-state index contributed by atoms with van der Waals surface area (Å²) in [4.78, 5) is 0. The van der Waals surface area contributed by atoms with E-state index in [1.165, 1.54) is 38.5 Å². The van der Waals surface area contributed by atoms with Crippen molar-refractivity contribution in [2.24, 2.45) is 23.7 Å². The van der Waals surface area contributed by atoms with Crippen molar-refractivity contribution in [1.29, 1.82) is 0 Å². The third-order valence-electron chi connectivity index (χ3n) is 6.75. The fourth-order valence-electron chi connectivity index (χ4n) is 5.49. The average Bonchev–Trinajstić information content (AvgIpc) is 2.84. The van der Waals surface area contributed by atoms with Crippen LogP contribution in [0.5, 0.6) is 0 Å². The molecule has 3 fully saturated rings. The fourth-order valence-corrected chi connectivity index (χ4v) is 5.49. The molecule has 3 aliphatic rings. The van der Waals surface area contributed by atoms with Crippen molar-refractivity contribution in [2.45, 2.75) is 103 Å². The van der Waals surface area contributed by atoms with E-state index in [1.54, 1.807) is 64.2 Å². The number of hydrogen-bond acceptors (Lipinski definition) is 0. The van der Waals surface area contributed by atoms with E-state index in [-0.39, 0.29) is 0 Å². The molecular weight excluding hydrogens is 240 g/mol. The zero-order chi connectivity index (χ0) is 13.6. The van der Waals surface area contributed by atoms with E-state index in [9.17, 15) is 0 Å². The summed E-state index contributed by atoms with van der Waals surface area (Å²) in [5.41, 5.74) is 0. The van der Waals surface area contributed by atoms with Gasteiger partial charge in [0.25, 0.3) is 0 Å². The van der Waals surface area contributed by atoms with Crippen molar-refractivity contribution in [3.05, 3.63) is 0 Å². The van der Waals surface area contributed by atoms with Gasteiger partial charge in [0.05, 0.1) is 0 Å². The Balaban J connectivity index is 1.35. The van der Waals surface area contributed by atoms with Gasteiger partial charge in [0.2, 0.25) is 0 Å². The summed E-state index contributed by atoms with van der Waals surface area (Å²) in [6.07, 6.45) is 24.9. The predicted molar refractivity (Wildman–Crippen MR) is 87.8 cm³/mol. The van der Waals surface area contributed by atoms with Crippen molar-refractivity contribution in [2.75, 3.05) is 0 Å². The molecule has 0 spiro atoms. The van der Waals surface area contributed by atoms with E-state index in [2.05, 4.69) is 0 Å². The van der Waals surface area contributed by atoms with Crippen LogP contribution in [-0.4, -0.2) is 0 Å². The SMILES string of the molecule is C1CCCC(CC2CCC(CC3CCCC3)CC2)CC1. The lowest BCUT2D eigenvalue weighted by molar-refractivity contribution is 0.204. The van der Waals surface area contributed by atoms with Gasteiger partial charge in [0.1, 0.15) is 0 Å². The van der Waals surface area contributed by atoms with Crippen molar-refractivity contribution in [3.63, 3.8) is 0 Å². The average molecular weight is 277 g/mol. The van der Waals surface area contributed by atoms with Crippen molar-refractivity contribution in [3.8, 4) is 0 Å². The van der Waals surface area contributed by atoms with Crippen LogP contribution in [0.1, 0.15) is 103 Å². The quantitative estimate of drug-likeness (QED) is 0.499. The molecular formula is C20H36. The van der Waals surface area contributed by atoms with Crippen LogP contribution in [0, 0.1) is 23.7 Å². The van der Waals surface area contributed by atoms with Crippen LogP contribution in [0.2, 0.25) is 0 Å². The van der Waals surface area contributed by atoms with Gasteiger partial charge in [0.15, 0.2) is 0 Å². The van der Waals surface area contributed by atoms with Crippen molar-refractivity contribution < 1.29 is 0 Å². The molecule has 0 saturated heterocycles. The van der Waals surface area contributed by atoms with E-state index in [0.29, 0.717) is 0 Å². The van der Waals surface area contributed by atoms with Crippen LogP contribution < -0.4 is 0 Å². The second-order valence-corrected chi connectivity index (χ2v) is 8.37. The number of rotatable bonds is 4. The summed E-state index contributed by atoms with van der Waals surface area (Å²) >= 11 is 0. The molecule has 0 heteroatoms. The first-order valence-electron chi connectivity index (χ1n) is 9.90. The summed E-state index contributed by atoms with van der Waals surface area (Å²) in [6, 6.07) is 0. The second-order valence-electron chi connectivity index (χ2n) is 8.37. The molecule has 0 amide bonds. The lowest BCUT2D eigenvalue weighted by Gasteiger charge is -2.32. The third-order valence-corrected chi connectivity index (χ3v) is 6.75. The first-order valence-corrected chi connectivity index (χ1v) is 9.90. The first-order chi connectivity index (χ1) is 9.90. The molecule has 0 radical (unpaired) electrons. The van der Waals surface area contributed by atoms with Crippen molar-refractivity contribution in [1.82, 2.24) is 0 Å². The molecule has 0 aliphatic heterocycles. The highest BCUT2D eigenvalue weighted by molar-refractivity contribution is 4.79. The molecule has 116 valence electrons. The van der Waals surface area contributed by atoms with Crippen LogP contribution in [0.25, 0.3) is 0 Å². The van der Waals surface area contributed by atoms with Gasteiger partial charge in [0, 0.05) is 0 Å². The summed E-state index contributed by atoms with van der Waals surface area (Å²) in [6.45, 7) is 0. The Hall–Kier alpha value is 0. The van der Waals surface area contributed by atoms with Gasteiger partial charge < -0.3 is 0 Å². The lowest BCUT2D eigenvalue weighted by atomic mass is 9.74. The van der Waals surface area contributed by atoms with Gasteiger partial charge in [-0.1, -0.05) is 89.9 Å². The summed E-state index contributed by atoms with van der Waals surface area (Å²) < 4.78 is 0. The van der Waals surface area contributed by atoms with Gasteiger partial charge in [-0.05, 0) is 36.5 Å². The Bertz CT molecular complexity index is 247. The van der Waals surface area contributed by atoms with Crippen LogP contribution in [0.15, 0.2) is 0 Å². The largest absolute Gasteiger partial charge is 0.0533 e. The molecule has 0 nitrogen and oxygen atoms in total. The highest BCUT2D eigenvalue weighted by atomic mass is 14.3. The molecule has 0 bridgehead atoms. The Morgan fingerprint density at radius 1 is 0.350 bits per heavy atom. The monoisotopic (exact) mass is 276 g/mol. The highest BCUT2D eigenvalue weighted by Gasteiger charge is 2.26. The first kappa shape index (κ1) is 14.9. The highest BCUT2D eigenvalue weighted by Crippen LogP contribution is 2.40. The Morgan fingerprint density at radius 2 is 0.650 bits per heavy atom. The molecule has 3 rings (SSSR count). The third kappa shape index (κ3) is 4.50. The maximum Gasteiger partial charge on any atom is -0.0411 e. The van der Waals surface area contributed by atoms with Crippen LogP contribution in [-0.2, 0) is 0 Å². The summed E-state index contributed by atoms with van der Waals surface area (Å²) in [5.74, 6) is 4.45. The van der Waals surface area contributed by atoms with Gasteiger partial charge in [-0.25, -0.2) is 0 Å². The molecule has 0 aromatic heterocycles. The maximum absolute atomic E-state index is 1.59. The van der Waals surface area contributed by atoms with E-state index in [0.717, 1.165) is 23.7 Å². The minimum Gasteiger partial charge on any atom is -0.0533 e. The van der Waals surface area contributed by atoms with E-state index in [1.807, 2.05) is 0 Å². The van der Waals surface area contributed by atoms with Crippen molar-refractivity contribution >= 4 is 0 Å². The van der Waals surface area contributed by atoms with Gasteiger partial charge in [-0.15, -0.1) is 0 Å². The molecule has 0 aromatic rings. The minimum absolute atomic E-state index is 1.11. The zero-order valence-electron chi connectivity index (χ0n) is 13.6. The Labute approximate surface area is 127 Å². The van der Waals surface area contributed by atoms with Crippen LogP contribution in [0.4, 0.5) is 0 Å². The van der Waals surface area contributed by atoms with Gasteiger partial charge in [-0.2, -0.15) is 0 Å². The molecule has 20 heavy (non-hydrogen) atoms. The molecule has 0 N–H and O–H groups in total. The van der Waals surface area contributed by atoms with E-state index in [4.69, 9.17) is 0 Å². The summed E-state index contributed by atoms with van der Waals surface area (Å²) in [5, 5.41) is 0. The van der Waals surface area contributed by atoms with Crippen LogP contribution in [0.3, 0.4) is 0 Å². The Kier molecular flexibility index (Phi) is 5.86. The maximum atomic E-state index is 1.59. The summed E-state index contributed by atoms with van der Waals surface area (Å²) in [7, 11) is 0. The smallest absolute Gasteiger partial charge is 0.0411 e. The number of hydrogen-bond donors (Lipinski definition) is 0. The van der Waals surface area contributed by atoms with E-state index < -0.39 is 0 Å². The van der Waals surface area contributed by atoms with E-state index >= 15 is 0 Å². The molecule has 3 saturated carbocycles. The van der Waals surface area contributed by atoms with Crippen LogP contribution >= 0.6 is 0 Å². The topological polar surface area (TPSA) is 0 Å². The normalized spacial score (nSPS) is 34.2. The van der Waals surface area contributed by atoms with Gasteiger partial charge >= 0.3 is 0 Å². The Morgan fingerprint density at radius 3 is 1.05 bits per heavy atom. The molecule has 0 heterocycles. The zero-order valence-corrected chi connectivity index (χ0v) is 13.6.